The van der Waals surface area contributed by atoms with Gasteiger partial charge < -0.3 is 9.73 Å². The largest absolute Gasteiger partial charge is 0.468 e. The molecule has 0 spiro atoms. The molecule has 0 fully saturated rings. The molecule has 0 saturated heterocycles. The van der Waals surface area contributed by atoms with E-state index in [9.17, 15) is 13.2 Å². The molecular weight excluding hydrogens is 480 g/mol. The molecule has 6 nitrogen and oxygen atoms in total. The van der Waals surface area contributed by atoms with Crippen molar-refractivity contribution in [3.05, 3.63) is 95.4 Å². The zero-order valence-electron chi connectivity index (χ0n) is 16.4. The number of anilines is 1. The Labute approximate surface area is 188 Å². The molecule has 4 rings (SSSR count). The smallest absolute Gasteiger partial charge is 0.243 e. The van der Waals surface area contributed by atoms with Crippen molar-refractivity contribution in [3.63, 3.8) is 0 Å². The van der Waals surface area contributed by atoms with E-state index < -0.39 is 15.9 Å². The summed E-state index contributed by atoms with van der Waals surface area (Å²) in [5.41, 5.74) is 0.563. The second-order valence-corrected chi connectivity index (χ2v) is 9.68. The second kappa shape index (κ2) is 9.05. The molecule has 158 valence electrons. The van der Waals surface area contributed by atoms with Gasteiger partial charge in [0.25, 0.3) is 0 Å². The number of para-hydroxylation sites is 1. The summed E-state index contributed by atoms with van der Waals surface area (Å²) in [6.45, 7) is -0.428. The average Bonchev–Trinajstić information content (AvgIpc) is 3.28. The van der Waals surface area contributed by atoms with Crippen LogP contribution < -0.4 is 5.32 Å². The van der Waals surface area contributed by atoms with Crippen molar-refractivity contribution < 1.29 is 17.6 Å². The van der Waals surface area contributed by atoms with Gasteiger partial charge in [-0.05, 0) is 63.1 Å². The Kier molecular flexibility index (Phi) is 6.22. The van der Waals surface area contributed by atoms with Crippen LogP contribution in [0.4, 0.5) is 5.69 Å². The number of nitrogens with zero attached hydrogens (tertiary/aromatic N) is 1. The van der Waals surface area contributed by atoms with Gasteiger partial charge in [-0.25, -0.2) is 8.42 Å². The Morgan fingerprint density at radius 2 is 1.68 bits per heavy atom. The van der Waals surface area contributed by atoms with Gasteiger partial charge in [0.1, 0.15) is 5.76 Å². The molecule has 0 bridgehead atoms. The molecule has 0 radical (unpaired) electrons. The lowest BCUT2D eigenvalue weighted by Crippen LogP contribution is -2.37. The highest BCUT2D eigenvalue weighted by Crippen LogP contribution is 2.24. The summed E-state index contributed by atoms with van der Waals surface area (Å²) in [4.78, 5) is 12.8. The van der Waals surface area contributed by atoms with Crippen LogP contribution in [0.15, 0.2) is 98.9 Å². The predicted molar refractivity (Wildman–Crippen MR) is 123 cm³/mol. The molecule has 0 atom stereocenters. The molecule has 1 N–H and O–H groups in total. The maximum atomic E-state index is 13.5. The van der Waals surface area contributed by atoms with Crippen molar-refractivity contribution in [3.8, 4) is 0 Å². The van der Waals surface area contributed by atoms with Crippen LogP contribution >= 0.6 is 15.9 Å². The van der Waals surface area contributed by atoms with E-state index in [2.05, 4.69) is 21.2 Å². The number of furan rings is 1. The first-order chi connectivity index (χ1) is 14.9. The minimum Gasteiger partial charge on any atom is -0.468 e. The fraction of sp³-hybridized carbons (Fsp3) is 0.0870. The molecule has 0 unspecified atom stereocenters. The monoisotopic (exact) mass is 498 g/mol. The molecule has 8 heteroatoms. The first-order valence-electron chi connectivity index (χ1n) is 9.49. The Balaban J connectivity index is 1.64. The van der Waals surface area contributed by atoms with Gasteiger partial charge in [-0.3, -0.25) is 4.79 Å². The van der Waals surface area contributed by atoms with E-state index in [-0.39, 0.29) is 18.0 Å². The predicted octanol–water partition coefficient (Wildman–Crippen LogP) is 5.02. The summed E-state index contributed by atoms with van der Waals surface area (Å²) in [7, 11) is -3.97. The van der Waals surface area contributed by atoms with Crippen molar-refractivity contribution >= 4 is 48.3 Å². The van der Waals surface area contributed by atoms with Crippen LogP contribution in [0.2, 0.25) is 0 Å². The minimum absolute atomic E-state index is 0.0639. The van der Waals surface area contributed by atoms with Crippen LogP contribution in [-0.2, 0) is 21.4 Å². The van der Waals surface area contributed by atoms with Gasteiger partial charge >= 0.3 is 0 Å². The fourth-order valence-corrected chi connectivity index (χ4v) is 4.97. The second-order valence-electron chi connectivity index (χ2n) is 6.89. The van der Waals surface area contributed by atoms with E-state index in [1.807, 2.05) is 30.3 Å². The fourth-order valence-electron chi connectivity index (χ4n) is 3.19. The topological polar surface area (TPSA) is 79.6 Å². The summed E-state index contributed by atoms with van der Waals surface area (Å²) in [5, 5.41) is 4.49. The number of carbonyl (C=O) groups is 1. The third-order valence-corrected chi connectivity index (χ3v) is 7.22. The Morgan fingerprint density at radius 1 is 0.935 bits per heavy atom. The van der Waals surface area contributed by atoms with E-state index in [0.29, 0.717) is 15.9 Å². The van der Waals surface area contributed by atoms with Gasteiger partial charge in [-0.2, -0.15) is 4.31 Å². The average molecular weight is 499 g/mol. The summed E-state index contributed by atoms with van der Waals surface area (Å²) >= 11 is 3.38. The normalized spacial score (nSPS) is 11.7. The Hall–Kier alpha value is -2.94. The SMILES string of the molecule is O=C(CN(Cc1ccco1)S(=O)(=O)c1ccc2ccccc2c1)Nc1ccccc1Br. The van der Waals surface area contributed by atoms with Crippen LogP contribution in [0, 0.1) is 0 Å². The molecule has 0 aliphatic rings. The van der Waals surface area contributed by atoms with Gasteiger partial charge in [0.15, 0.2) is 0 Å². The lowest BCUT2D eigenvalue weighted by Gasteiger charge is -2.21. The zero-order chi connectivity index (χ0) is 21.8. The molecule has 1 aromatic heterocycles. The van der Waals surface area contributed by atoms with Gasteiger partial charge in [0, 0.05) is 4.47 Å². The number of rotatable bonds is 7. The highest BCUT2D eigenvalue weighted by molar-refractivity contribution is 9.10. The molecule has 31 heavy (non-hydrogen) atoms. The van der Waals surface area contributed by atoms with E-state index in [1.165, 1.54) is 6.26 Å². The highest BCUT2D eigenvalue weighted by atomic mass is 79.9. The Bertz CT molecular complexity index is 1320. The first-order valence-corrected chi connectivity index (χ1v) is 11.7. The number of fused-ring (bicyclic) bond motifs is 1. The number of amides is 1. The number of benzene rings is 3. The number of halogens is 1. The van der Waals surface area contributed by atoms with E-state index in [4.69, 9.17) is 4.42 Å². The quantitative estimate of drug-likeness (QED) is 0.387. The number of hydrogen-bond donors (Lipinski definition) is 1. The molecule has 0 aliphatic carbocycles. The van der Waals surface area contributed by atoms with Crippen LogP contribution in [0.5, 0.6) is 0 Å². The van der Waals surface area contributed by atoms with Gasteiger partial charge in [-0.1, -0.05) is 42.5 Å². The number of hydrogen-bond acceptors (Lipinski definition) is 4. The van der Waals surface area contributed by atoms with Crippen LogP contribution in [0.25, 0.3) is 10.8 Å². The Morgan fingerprint density at radius 3 is 2.42 bits per heavy atom. The van der Waals surface area contributed by atoms with Gasteiger partial charge in [-0.15, -0.1) is 0 Å². The van der Waals surface area contributed by atoms with E-state index in [1.54, 1.807) is 48.5 Å². The van der Waals surface area contributed by atoms with Gasteiger partial charge in [0.05, 0.1) is 29.9 Å². The third kappa shape index (κ3) is 4.87. The van der Waals surface area contributed by atoms with Crippen LogP contribution in [0.3, 0.4) is 0 Å². The molecule has 0 aliphatic heterocycles. The van der Waals surface area contributed by atoms with Crippen molar-refractivity contribution in [1.29, 1.82) is 0 Å². The number of sulfonamides is 1. The van der Waals surface area contributed by atoms with Crippen molar-refractivity contribution in [1.82, 2.24) is 4.31 Å². The summed E-state index contributed by atoms with van der Waals surface area (Å²) < 4.78 is 34.1. The summed E-state index contributed by atoms with van der Waals surface area (Å²) in [6.07, 6.45) is 1.47. The maximum Gasteiger partial charge on any atom is 0.243 e. The molecule has 3 aromatic carbocycles. The van der Waals surface area contributed by atoms with E-state index in [0.717, 1.165) is 15.1 Å². The van der Waals surface area contributed by atoms with Crippen LogP contribution in [0.1, 0.15) is 5.76 Å². The van der Waals surface area contributed by atoms with Crippen molar-refractivity contribution in [2.45, 2.75) is 11.4 Å². The van der Waals surface area contributed by atoms with Crippen molar-refractivity contribution in [2.75, 3.05) is 11.9 Å². The third-order valence-electron chi connectivity index (χ3n) is 4.74. The molecule has 0 saturated carbocycles. The summed E-state index contributed by atoms with van der Waals surface area (Å²) in [5.74, 6) is -0.0131. The standard InChI is InChI=1S/C23H19BrN2O4S/c24-21-9-3-4-10-22(21)25-23(27)16-26(15-19-8-5-13-30-19)31(28,29)20-12-11-17-6-1-2-7-18(17)14-20/h1-14H,15-16H2,(H,25,27). The van der Waals surface area contributed by atoms with Gasteiger partial charge in [0.2, 0.25) is 15.9 Å². The highest BCUT2D eigenvalue weighted by Gasteiger charge is 2.28. The number of carbonyl (C=O) groups excluding carboxylic acids is 1. The molecule has 1 heterocycles. The van der Waals surface area contributed by atoms with E-state index >= 15 is 0 Å². The summed E-state index contributed by atoms with van der Waals surface area (Å²) in [6, 6.07) is 22.9. The molecule has 4 aromatic rings. The molecular formula is C23H19BrN2O4S. The minimum atomic E-state index is -3.97. The molecule has 1 amide bonds. The zero-order valence-corrected chi connectivity index (χ0v) is 18.8. The first kappa shape index (κ1) is 21.3. The van der Waals surface area contributed by atoms with Crippen molar-refractivity contribution in [2.24, 2.45) is 0 Å². The number of nitrogens with one attached hydrogen (secondary N) is 1. The lowest BCUT2D eigenvalue weighted by molar-refractivity contribution is -0.116. The maximum absolute atomic E-state index is 13.5. The van der Waals surface area contributed by atoms with Crippen LogP contribution in [-0.4, -0.2) is 25.2 Å². The lowest BCUT2D eigenvalue weighted by atomic mass is 10.1.